The Balaban J connectivity index is 1.45. The highest BCUT2D eigenvalue weighted by molar-refractivity contribution is 9.10. The van der Waals surface area contributed by atoms with Crippen LogP contribution >= 0.6 is 15.9 Å². The molecule has 0 amide bonds. The first kappa shape index (κ1) is 21.5. The van der Waals surface area contributed by atoms with Crippen LogP contribution < -0.4 is 15.2 Å². The van der Waals surface area contributed by atoms with Crippen LogP contribution in [0.4, 0.5) is 0 Å². The molecule has 0 radical (unpaired) electrons. The molecule has 3 rings (SSSR count). The average molecular weight is 475 g/mol. The summed E-state index contributed by atoms with van der Waals surface area (Å²) in [6.45, 7) is 2.03. The molecule has 7 heteroatoms. The standard InChI is InChI=1S/C22H23BrN2O3S/c23-21-14-19(8-11-22(21)28-16-18-4-2-1-3-5-18)15-25-13-12-17-6-9-20(10-7-17)29(24,26)27/h1-11,14,25H,12-13,15-16H2,(H2,24,26,27). The molecule has 152 valence electrons. The zero-order chi connectivity index (χ0) is 20.7. The van der Waals surface area contributed by atoms with Crippen molar-refractivity contribution in [3.63, 3.8) is 0 Å². The highest BCUT2D eigenvalue weighted by Gasteiger charge is 2.07. The van der Waals surface area contributed by atoms with Gasteiger partial charge in [-0.3, -0.25) is 0 Å². The van der Waals surface area contributed by atoms with Crippen molar-refractivity contribution < 1.29 is 13.2 Å². The molecule has 29 heavy (non-hydrogen) atoms. The Bertz CT molecular complexity index is 1040. The van der Waals surface area contributed by atoms with Crippen LogP contribution in [0.2, 0.25) is 0 Å². The molecule has 3 aromatic rings. The first-order chi connectivity index (χ1) is 13.9. The molecule has 0 saturated carbocycles. The maximum Gasteiger partial charge on any atom is 0.238 e. The van der Waals surface area contributed by atoms with Crippen molar-refractivity contribution in [1.82, 2.24) is 5.32 Å². The molecule has 0 aliphatic rings. The lowest BCUT2D eigenvalue weighted by Crippen LogP contribution is -2.17. The van der Waals surface area contributed by atoms with E-state index in [9.17, 15) is 8.42 Å². The molecule has 5 nitrogen and oxygen atoms in total. The highest BCUT2D eigenvalue weighted by Crippen LogP contribution is 2.26. The topological polar surface area (TPSA) is 81.4 Å². The van der Waals surface area contributed by atoms with Crippen LogP contribution in [0.3, 0.4) is 0 Å². The van der Waals surface area contributed by atoms with Gasteiger partial charge < -0.3 is 10.1 Å². The molecule has 0 unspecified atom stereocenters. The van der Waals surface area contributed by atoms with Crippen molar-refractivity contribution in [2.45, 2.75) is 24.5 Å². The van der Waals surface area contributed by atoms with Gasteiger partial charge in [-0.15, -0.1) is 0 Å². The van der Waals surface area contributed by atoms with Gasteiger partial charge in [0.05, 0.1) is 9.37 Å². The SMILES string of the molecule is NS(=O)(=O)c1ccc(CCNCc2ccc(OCc3ccccc3)c(Br)c2)cc1. The molecule has 0 saturated heterocycles. The van der Waals surface area contributed by atoms with Gasteiger partial charge in [0, 0.05) is 6.54 Å². The lowest BCUT2D eigenvalue weighted by molar-refractivity contribution is 0.304. The minimum atomic E-state index is -3.64. The molecule has 0 aliphatic heterocycles. The summed E-state index contributed by atoms with van der Waals surface area (Å²) in [6, 6.07) is 22.8. The Morgan fingerprint density at radius 1 is 0.897 bits per heavy atom. The molecule has 3 aromatic carbocycles. The fourth-order valence-electron chi connectivity index (χ4n) is 2.82. The predicted molar refractivity (Wildman–Crippen MR) is 118 cm³/mol. The maximum atomic E-state index is 11.3. The van der Waals surface area contributed by atoms with E-state index in [1.807, 2.05) is 48.5 Å². The van der Waals surface area contributed by atoms with Crippen LogP contribution in [0.15, 0.2) is 82.2 Å². The minimum absolute atomic E-state index is 0.133. The van der Waals surface area contributed by atoms with Crippen molar-refractivity contribution in [2.24, 2.45) is 5.14 Å². The second-order valence-corrected chi connectivity index (χ2v) is 9.07. The summed E-state index contributed by atoms with van der Waals surface area (Å²) in [5, 5.41) is 8.51. The second kappa shape index (κ2) is 10.0. The Labute approximate surface area is 180 Å². The van der Waals surface area contributed by atoms with Gasteiger partial charge in [-0.1, -0.05) is 48.5 Å². The third kappa shape index (κ3) is 6.68. The number of hydrogen-bond acceptors (Lipinski definition) is 4. The quantitative estimate of drug-likeness (QED) is 0.459. The Kier molecular flexibility index (Phi) is 7.44. The third-order valence-electron chi connectivity index (χ3n) is 4.40. The van der Waals surface area contributed by atoms with E-state index < -0.39 is 10.0 Å². The van der Waals surface area contributed by atoms with E-state index in [4.69, 9.17) is 9.88 Å². The van der Waals surface area contributed by atoms with Crippen LogP contribution in [-0.2, 0) is 29.6 Å². The van der Waals surface area contributed by atoms with Crippen LogP contribution in [0.25, 0.3) is 0 Å². The lowest BCUT2D eigenvalue weighted by Gasteiger charge is -2.11. The van der Waals surface area contributed by atoms with E-state index in [0.717, 1.165) is 46.4 Å². The summed E-state index contributed by atoms with van der Waals surface area (Å²) < 4.78 is 29.4. The van der Waals surface area contributed by atoms with Crippen molar-refractivity contribution in [3.05, 3.63) is 94.0 Å². The average Bonchev–Trinajstić information content (AvgIpc) is 2.71. The summed E-state index contributed by atoms with van der Waals surface area (Å²) in [4.78, 5) is 0.133. The van der Waals surface area contributed by atoms with Gasteiger partial charge in [0.1, 0.15) is 12.4 Å². The zero-order valence-electron chi connectivity index (χ0n) is 15.8. The lowest BCUT2D eigenvalue weighted by atomic mass is 10.1. The van der Waals surface area contributed by atoms with Gasteiger partial charge in [-0.05, 0) is 69.9 Å². The van der Waals surface area contributed by atoms with Gasteiger partial charge >= 0.3 is 0 Å². The smallest absolute Gasteiger partial charge is 0.238 e. The number of ether oxygens (including phenoxy) is 1. The second-order valence-electron chi connectivity index (χ2n) is 6.65. The Morgan fingerprint density at radius 2 is 1.59 bits per heavy atom. The third-order valence-corrected chi connectivity index (χ3v) is 5.95. The molecule has 0 aliphatic carbocycles. The number of primary sulfonamides is 1. The van der Waals surface area contributed by atoms with Gasteiger partial charge in [-0.25, -0.2) is 13.6 Å². The van der Waals surface area contributed by atoms with E-state index in [2.05, 4.69) is 21.2 Å². The molecule has 0 spiro atoms. The van der Waals surface area contributed by atoms with Gasteiger partial charge in [-0.2, -0.15) is 0 Å². The van der Waals surface area contributed by atoms with Gasteiger partial charge in [0.15, 0.2) is 0 Å². The van der Waals surface area contributed by atoms with Crippen molar-refractivity contribution in [2.75, 3.05) is 6.54 Å². The minimum Gasteiger partial charge on any atom is -0.488 e. The van der Waals surface area contributed by atoms with Crippen LogP contribution in [-0.4, -0.2) is 15.0 Å². The number of sulfonamides is 1. The van der Waals surface area contributed by atoms with E-state index in [-0.39, 0.29) is 4.90 Å². The zero-order valence-corrected chi connectivity index (χ0v) is 18.2. The van der Waals surface area contributed by atoms with E-state index in [1.54, 1.807) is 12.1 Å². The molecular formula is C22H23BrN2O3S. The number of nitrogens with two attached hydrogens (primary N) is 1. The van der Waals surface area contributed by atoms with E-state index in [1.165, 1.54) is 12.1 Å². The molecule has 3 N–H and O–H groups in total. The first-order valence-corrected chi connectivity index (χ1v) is 11.5. The summed E-state index contributed by atoms with van der Waals surface area (Å²) in [5.74, 6) is 0.813. The Morgan fingerprint density at radius 3 is 2.24 bits per heavy atom. The molecule has 0 fully saturated rings. The van der Waals surface area contributed by atoms with Crippen LogP contribution in [0.5, 0.6) is 5.75 Å². The van der Waals surface area contributed by atoms with E-state index in [0.29, 0.717) is 6.61 Å². The number of nitrogens with one attached hydrogen (secondary N) is 1. The first-order valence-electron chi connectivity index (χ1n) is 9.19. The monoisotopic (exact) mass is 474 g/mol. The molecular weight excluding hydrogens is 452 g/mol. The predicted octanol–water partition coefficient (Wildman–Crippen LogP) is 4.01. The van der Waals surface area contributed by atoms with Gasteiger partial charge in [0.2, 0.25) is 10.0 Å². The number of halogens is 1. The summed E-state index contributed by atoms with van der Waals surface area (Å²) in [7, 11) is -3.64. The highest BCUT2D eigenvalue weighted by atomic mass is 79.9. The van der Waals surface area contributed by atoms with Crippen molar-refractivity contribution in [1.29, 1.82) is 0 Å². The fraction of sp³-hybridized carbons (Fsp3) is 0.182. The molecule has 0 heterocycles. The molecule has 0 atom stereocenters. The Hall–Kier alpha value is -2.19. The summed E-state index contributed by atoms with van der Waals surface area (Å²) >= 11 is 3.58. The number of benzene rings is 3. The largest absolute Gasteiger partial charge is 0.488 e. The summed E-state index contributed by atoms with van der Waals surface area (Å²) in [5.41, 5.74) is 3.33. The maximum absolute atomic E-state index is 11.3. The number of hydrogen-bond donors (Lipinski definition) is 2. The van der Waals surface area contributed by atoms with Crippen LogP contribution in [0.1, 0.15) is 16.7 Å². The van der Waals surface area contributed by atoms with E-state index >= 15 is 0 Å². The molecule has 0 bridgehead atoms. The normalized spacial score (nSPS) is 11.4. The van der Waals surface area contributed by atoms with Crippen molar-refractivity contribution in [3.8, 4) is 5.75 Å². The van der Waals surface area contributed by atoms with Crippen molar-refractivity contribution >= 4 is 26.0 Å². The number of rotatable bonds is 9. The van der Waals surface area contributed by atoms with Gasteiger partial charge in [0.25, 0.3) is 0 Å². The molecule has 0 aromatic heterocycles. The summed E-state index contributed by atoms with van der Waals surface area (Å²) in [6.07, 6.45) is 0.796. The van der Waals surface area contributed by atoms with Crippen LogP contribution in [0, 0.1) is 0 Å². The fourth-order valence-corrected chi connectivity index (χ4v) is 3.87.